The number of ether oxygens (including phenoxy) is 1. The second-order valence-corrected chi connectivity index (χ2v) is 4.82. The minimum atomic E-state index is -1.04. The largest absolute Gasteiger partial charge is 0.497 e. The molecule has 0 aliphatic rings. The summed E-state index contributed by atoms with van der Waals surface area (Å²) in [5, 5.41) is 11.5. The third kappa shape index (κ3) is 3.61. The molecule has 1 amide bonds. The van der Waals surface area contributed by atoms with E-state index in [1.54, 1.807) is 12.1 Å². The van der Waals surface area contributed by atoms with E-state index in [1.165, 1.54) is 27.0 Å². The lowest BCUT2D eigenvalue weighted by Crippen LogP contribution is -2.39. The number of aliphatic carboxylic acids is 1. The van der Waals surface area contributed by atoms with Gasteiger partial charge in [-0.05, 0) is 32.0 Å². The van der Waals surface area contributed by atoms with Gasteiger partial charge in [0, 0.05) is 12.2 Å². The molecule has 0 saturated heterocycles. The lowest BCUT2D eigenvalue weighted by molar-refractivity contribution is -0.146. The molecule has 0 aliphatic carbocycles. The average Bonchev–Trinajstić information content (AvgIpc) is 2.36. The van der Waals surface area contributed by atoms with Gasteiger partial charge < -0.3 is 20.9 Å². The molecule has 1 rings (SSSR count). The molecule has 0 unspecified atom stereocenters. The Hall–Kier alpha value is -2.24. The summed E-state index contributed by atoms with van der Waals surface area (Å²) in [6.45, 7) is 3.08. The van der Waals surface area contributed by atoms with E-state index in [0.29, 0.717) is 11.4 Å². The molecule has 0 aliphatic heterocycles. The van der Waals surface area contributed by atoms with E-state index in [0.717, 1.165) is 0 Å². The van der Waals surface area contributed by atoms with E-state index in [4.69, 9.17) is 15.6 Å². The van der Waals surface area contributed by atoms with E-state index in [-0.39, 0.29) is 12.1 Å². The van der Waals surface area contributed by atoms with Crippen molar-refractivity contribution in [3.05, 3.63) is 23.8 Å². The fourth-order valence-corrected chi connectivity index (χ4v) is 1.33. The van der Waals surface area contributed by atoms with Crippen LogP contribution in [0.3, 0.4) is 0 Å². The second kappa shape index (κ2) is 5.60. The quantitative estimate of drug-likeness (QED) is 0.693. The van der Waals surface area contributed by atoms with Crippen LogP contribution in [0.25, 0.3) is 0 Å². The lowest BCUT2D eigenvalue weighted by Gasteiger charge is -2.19. The molecule has 104 valence electrons. The summed E-state index contributed by atoms with van der Waals surface area (Å²) in [4.78, 5) is 22.9. The number of anilines is 1. The van der Waals surface area contributed by atoms with Crippen molar-refractivity contribution in [2.75, 3.05) is 19.4 Å². The van der Waals surface area contributed by atoms with Crippen LogP contribution in [-0.2, 0) is 4.79 Å². The number of nitrogens with one attached hydrogen (secondary N) is 1. The van der Waals surface area contributed by atoms with Crippen molar-refractivity contribution < 1.29 is 19.4 Å². The van der Waals surface area contributed by atoms with Crippen molar-refractivity contribution in [1.82, 2.24) is 5.32 Å². The highest BCUT2D eigenvalue weighted by atomic mass is 16.5. The Morgan fingerprint density at radius 1 is 1.42 bits per heavy atom. The number of carbonyl (C=O) groups is 2. The molecular weight excluding hydrogens is 248 g/mol. The number of amides is 1. The first kappa shape index (κ1) is 14.8. The minimum absolute atomic E-state index is 0.0117. The van der Waals surface area contributed by atoms with Crippen molar-refractivity contribution in [3.8, 4) is 5.75 Å². The summed E-state index contributed by atoms with van der Waals surface area (Å²) < 4.78 is 5.01. The number of nitrogen functional groups attached to an aromatic ring is 1. The summed E-state index contributed by atoms with van der Waals surface area (Å²) in [6, 6.07) is 4.72. The van der Waals surface area contributed by atoms with Crippen molar-refractivity contribution in [3.63, 3.8) is 0 Å². The molecule has 0 spiro atoms. The molecule has 0 heterocycles. The number of carboxylic acid groups (broad SMARTS) is 1. The van der Waals surface area contributed by atoms with E-state index in [9.17, 15) is 9.59 Å². The van der Waals surface area contributed by atoms with Crippen LogP contribution in [0, 0.1) is 5.41 Å². The first-order chi connectivity index (χ1) is 8.77. The molecule has 4 N–H and O–H groups in total. The van der Waals surface area contributed by atoms with Crippen LogP contribution in [0.2, 0.25) is 0 Å². The summed E-state index contributed by atoms with van der Waals surface area (Å²) in [5.41, 5.74) is 5.25. The number of methoxy groups -OCH3 is 1. The minimum Gasteiger partial charge on any atom is -0.497 e. The molecule has 0 aromatic heterocycles. The number of carboxylic acids is 1. The predicted molar refractivity (Wildman–Crippen MR) is 71.2 cm³/mol. The standard InChI is InChI=1S/C13H18N2O4/c1-13(2,12(17)18)7-15-11(16)9-6-8(19-3)4-5-10(9)14/h4-6H,7,14H2,1-3H3,(H,15,16)(H,17,18). The highest BCUT2D eigenvalue weighted by Crippen LogP contribution is 2.20. The first-order valence-electron chi connectivity index (χ1n) is 5.73. The Labute approximate surface area is 111 Å². The third-order valence-electron chi connectivity index (χ3n) is 2.77. The first-order valence-corrected chi connectivity index (χ1v) is 5.73. The zero-order chi connectivity index (χ0) is 14.6. The van der Waals surface area contributed by atoms with E-state index < -0.39 is 17.3 Å². The van der Waals surface area contributed by atoms with Crippen LogP contribution in [0.15, 0.2) is 18.2 Å². The lowest BCUT2D eigenvalue weighted by atomic mass is 9.94. The maximum Gasteiger partial charge on any atom is 0.310 e. The molecule has 6 heteroatoms. The van der Waals surface area contributed by atoms with E-state index >= 15 is 0 Å². The number of benzene rings is 1. The van der Waals surface area contributed by atoms with Crippen molar-refractivity contribution in [1.29, 1.82) is 0 Å². The third-order valence-corrected chi connectivity index (χ3v) is 2.77. The Kier molecular flexibility index (Phi) is 4.37. The molecular formula is C13H18N2O4. The van der Waals surface area contributed by atoms with Gasteiger partial charge in [-0.15, -0.1) is 0 Å². The smallest absolute Gasteiger partial charge is 0.310 e. The average molecular weight is 266 g/mol. The van der Waals surface area contributed by atoms with Crippen LogP contribution >= 0.6 is 0 Å². The topological polar surface area (TPSA) is 102 Å². The summed E-state index contributed by atoms with van der Waals surface area (Å²) in [5.74, 6) is -0.894. The maximum absolute atomic E-state index is 12.0. The van der Waals surface area contributed by atoms with Gasteiger partial charge >= 0.3 is 5.97 Å². The van der Waals surface area contributed by atoms with Crippen LogP contribution in [0.5, 0.6) is 5.75 Å². The number of hydrogen-bond donors (Lipinski definition) is 3. The SMILES string of the molecule is COc1ccc(N)c(C(=O)NCC(C)(C)C(=O)O)c1. The van der Waals surface area contributed by atoms with Gasteiger partial charge in [0.05, 0.1) is 18.1 Å². The molecule has 0 fully saturated rings. The summed E-state index contributed by atoms with van der Waals surface area (Å²) in [6.07, 6.45) is 0. The number of nitrogens with two attached hydrogens (primary N) is 1. The molecule has 19 heavy (non-hydrogen) atoms. The van der Waals surface area contributed by atoms with Crippen LogP contribution in [0.1, 0.15) is 24.2 Å². The zero-order valence-electron chi connectivity index (χ0n) is 11.2. The number of carbonyl (C=O) groups excluding carboxylic acids is 1. The normalized spacial score (nSPS) is 10.9. The van der Waals surface area contributed by atoms with Crippen LogP contribution < -0.4 is 15.8 Å². The molecule has 0 atom stereocenters. The van der Waals surface area contributed by atoms with E-state index in [2.05, 4.69) is 5.32 Å². The van der Waals surface area contributed by atoms with Crippen LogP contribution in [-0.4, -0.2) is 30.6 Å². The predicted octanol–water partition coefficient (Wildman–Crippen LogP) is 1.12. The van der Waals surface area contributed by atoms with Crippen molar-refractivity contribution in [2.45, 2.75) is 13.8 Å². The fraction of sp³-hybridized carbons (Fsp3) is 0.385. The Morgan fingerprint density at radius 2 is 2.05 bits per heavy atom. The van der Waals surface area contributed by atoms with Crippen LogP contribution in [0.4, 0.5) is 5.69 Å². The molecule has 0 radical (unpaired) electrons. The molecule has 6 nitrogen and oxygen atoms in total. The zero-order valence-corrected chi connectivity index (χ0v) is 11.2. The Morgan fingerprint density at radius 3 is 2.58 bits per heavy atom. The highest BCUT2D eigenvalue weighted by Gasteiger charge is 2.28. The summed E-state index contributed by atoms with van der Waals surface area (Å²) >= 11 is 0. The highest BCUT2D eigenvalue weighted by molar-refractivity contribution is 5.99. The Balaban J connectivity index is 2.82. The van der Waals surface area contributed by atoms with Crippen molar-refractivity contribution in [2.24, 2.45) is 5.41 Å². The summed E-state index contributed by atoms with van der Waals surface area (Å²) in [7, 11) is 1.49. The van der Waals surface area contributed by atoms with Gasteiger partial charge in [-0.1, -0.05) is 0 Å². The van der Waals surface area contributed by atoms with E-state index in [1.807, 2.05) is 0 Å². The van der Waals surface area contributed by atoms with Crippen molar-refractivity contribution >= 4 is 17.6 Å². The number of rotatable bonds is 5. The number of hydrogen-bond acceptors (Lipinski definition) is 4. The van der Waals surface area contributed by atoms with Gasteiger partial charge in [0.25, 0.3) is 5.91 Å². The second-order valence-electron chi connectivity index (χ2n) is 4.82. The van der Waals surface area contributed by atoms with Gasteiger partial charge in [-0.2, -0.15) is 0 Å². The fourth-order valence-electron chi connectivity index (χ4n) is 1.33. The van der Waals surface area contributed by atoms with Gasteiger partial charge in [-0.3, -0.25) is 9.59 Å². The molecule has 0 saturated carbocycles. The Bertz CT molecular complexity index is 497. The monoisotopic (exact) mass is 266 g/mol. The van der Waals surface area contributed by atoms with Gasteiger partial charge in [0.2, 0.25) is 0 Å². The molecule has 0 bridgehead atoms. The van der Waals surface area contributed by atoms with Gasteiger partial charge in [0.15, 0.2) is 0 Å². The molecule has 1 aromatic carbocycles. The molecule has 1 aromatic rings. The van der Waals surface area contributed by atoms with Gasteiger partial charge in [-0.25, -0.2) is 0 Å². The van der Waals surface area contributed by atoms with Gasteiger partial charge in [0.1, 0.15) is 5.75 Å². The maximum atomic E-state index is 12.0.